The molecule has 5 fully saturated rings. The Morgan fingerprint density at radius 1 is 0.882 bits per heavy atom. The van der Waals surface area contributed by atoms with Gasteiger partial charge in [0.2, 0.25) is 10.0 Å². The van der Waals surface area contributed by atoms with Crippen molar-refractivity contribution in [1.29, 1.82) is 5.26 Å². The number of nitriles is 1. The number of nitrogens with one attached hydrogen (secondary N) is 1. The Balaban J connectivity index is 1.12. The molecule has 5 unspecified atom stereocenters. The van der Waals surface area contributed by atoms with Crippen LogP contribution in [0.15, 0.2) is 0 Å². The molecule has 0 radical (unpaired) electrons. The van der Waals surface area contributed by atoms with Crippen molar-refractivity contribution in [2.24, 2.45) is 5.92 Å². The fraction of sp³-hybridized carbons (Fsp3) is 0.958. The number of halogens is 1. The van der Waals surface area contributed by atoms with Crippen LogP contribution in [0.2, 0.25) is 0 Å². The maximum absolute atomic E-state index is 12.9. The minimum Gasteiger partial charge on any atom is -0.342 e. The largest absolute Gasteiger partial charge is 0.342 e. The van der Waals surface area contributed by atoms with Crippen LogP contribution in [-0.4, -0.2) is 97.0 Å². The smallest absolute Gasteiger partial charge is 0.216 e. The van der Waals surface area contributed by atoms with Crippen molar-refractivity contribution in [3.05, 3.63) is 0 Å². The van der Waals surface area contributed by atoms with Crippen LogP contribution < -0.4 is 5.32 Å². The summed E-state index contributed by atoms with van der Waals surface area (Å²) in [5, 5.41) is 13.3. The van der Waals surface area contributed by atoms with E-state index < -0.39 is 10.0 Å². The van der Waals surface area contributed by atoms with Crippen molar-refractivity contribution in [3.8, 4) is 6.07 Å². The second kappa shape index (κ2) is 10.9. The van der Waals surface area contributed by atoms with Gasteiger partial charge in [-0.05, 0) is 63.7 Å². The normalized spacial score (nSPS) is 41.5. The third kappa shape index (κ3) is 5.29. The molecule has 0 amide bonds. The Kier molecular flexibility index (Phi) is 8.06. The van der Waals surface area contributed by atoms with Crippen LogP contribution in [0.1, 0.15) is 64.2 Å². The Morgan fingerprint density at radius 2 is 1.56 bits per heavy atom. The van der Waals surface area contributed by atoms with Crippen LogP contribution >= 0.6 is 11.6 Å². The summed E-state index contributed by atoms with van der Waals surface area (Å²) in [4.78, 5) is 4.90. The Labute approximate surface area is 210 Å². The third-order valence-corrected chi connectivity index (χ3v) is 11.7. The van der Waals surface area contributed by atoms with E-state index in [0.717, 1.165) is 64.7 Å². The molecule has 8 nitrogen and oxygen atoms in total. The maximum Gasteiger partial charge on any atom is 0.216 e. The van der Waals surface area contributed by atoms with Crippen molar-refractivity contribution in [1.82, 2.24) is 19.4 Å². The van der Waals surface area contributed by atoms with Crippen molar-refractivity contribution in [2.45, 2.75) is 99.4 Å². The van der Waals surface area contributed by atoms with Gasteiger partial charge < -0.3 is 4.74 Å². The SMILES string of the molecule is N#CC1NC(C2CCC(S(=O)(=O)N3CCCC3)CC2)OC1N1CCN(C2CCCC(Cl)C2)CC1. The highest BCUT2D eigenvalue weighted by molar-refractivity contribution is 7.89. The molecule has 10 heteroatoms. The zero-order valence-electron chi connectivity index (χ0n) is 20.2. The third-order valence-electron chi connectivity index (χ3n) is 8.85. The fourth-order valence-corrected chi connectivity index (χ4v) is 9.23. The van der Waals surface area contributed by atoms with Crippen molar-refractivity contribution >= 4 is 21.6 Å². The lowest BCUT2D eigenvalue weighted by molar-refractivity contribution is -0.0943. The number of nitrogens with zero attached hydrogens (tertiary/aromatic N) is 4. The molecule has 3 heterocycles. The van der Waals surface area contributed by atoms with E-state index in [-0.39, 0.29) is 29.7 Å². The molecule has 5 atom stereocenters. The van der Waals surface area contributed by atoms with Crippen LogP contribution in [0, 0.1) is 17.2 Å². The van der Waals surface area contributed by atoms with E-state index >= 15 is 0 Å². The average molecular weight is 514 g/mol. The summed E-state index contributed by atoms with van der Waals surface area (Å²) in [6.45, 7) is 5.17. The van der Waals surface area contributed by atoms with Gasteiger partial charge in [0, 0.05) is 50.7 Å². The van der Waals surface area contributed by atoms with Gasteiger partial charge in [-0.25, -0.2) is 12.7 Å². The first kappa shape index (κ1) is 25.2. The summed E-state index contributed by atoms with van der Waals surface area (Å²) in [6.07, 6.45) is 9.28. The van der Waals surface area contributed by atoms with Gasteiger partial charge in [-0.3, -0.25) is 15.1 Å². The lowest BCUT2D eigenvalue weighted by Crippen LogP contribution is -2.56. The Bertz CT molecular complexity index is 832. The zero-order valence-corrected chi connectivity index (χ0v) is 21.7. The van der Waals surface area contributed by atoms with Crippen LogP contribution in [0.5, 0.6) is 0 Å². The molecule has 5 rings (SSSR count). The van der Waals surface area contributed by atoms with E-state index in [2.05, 4.69) is 21.2 Å². The lowest BCUT2D eigenvalue weighted by atomic mass is 9.87. The predicted molar refractivity (Wildman–Crippen MR) is 132 cm³/mol. The van der Waals surface area contributed by atoms with Crippen LogP contribution in [0.4, 0.5) is 0 Å². The number of sulfonamides is 1. The number of piperazine rings is 1. The molecule has 0 bridgehead atoms. The highest BCUT2D eigenvalue weighted by Crippen LogP contribution is 2.36. The average Bonchev–Trinajstić information content (AvgIpc) is 3.55. The molecule has 34 heavy (non-hydrogen) atoms. The van der Waals surface area contributed by atoms with Crippen LogP contribution in [0.25, 0.3) is 0 Å². The molecule has 0 spiro atoms. The maximum atomic E-state index is 12.9. The van der Waals surface area contributed by atoms with Crippen LogP contribution in [-0.2, 0) is 14.8 Å². The van der Waals surface area contributed by atoms with E-state index in [9.17, 15) is 13.7 Å². The quantitative estimate of drug-likeness (QED) is 0.564. The summed E-state index contributed by atoms with van der Waals surface area (Å²) < 4.78 is 34.1. The van der Waals surface area contributed by atoms with Crippen molar-refractivity contribution < 1.29 is 13.2 Å². The molecular formula is C24H40ClN5O3S. The van der Waals surface area contributed by atoms with Gasteiger partial charge in [0.05, 0.1) is 11.3 Å². The van der Waals surface area contributed by atoms with Gasteiger partial charge in [-0.1, -0.05) is 6.42 Å². The van der Waals surface area contributed by atoms with Crippen molar-refractivity contribution in [2.75, 3.05) is 39.3 Å². The summed E-state index contributed by atoms with van der Waals surface area (Å²) >= 11 is 6.42. The molecule has 2 aliphatic carbocycles. The zero-order chi connectivity index (χ0) is 23.7. The number of hydrogen-bond donors (Lipinski definition) is 1. The molecule has 3 aliphatic heterocycles. The molecule has 5 aliphatic rings. The summed E-state index contributed by atoms with van der Waals surface area (Å²) in [6, 6.07) is 2.67. The summed E-state index contributed by atoms with van der Waals surface area (Å²) in [5.41, 5.74) is 0. The molecule has 192 valence electrons. The van der Waals surface area contributed by atoms with Gasteiger partial charge >= 0.3 is 0 Å². The summed E-state index contributed by atoms with van der Waals surface area (Å²) in [5.74, 6) is 0.259. The predicted octanol–water partition coefficient (Wildman–Crippen LogP) is 2.30. The van der Waals surface area contributed by atoms with Crippen molar-refractivity contribution in [3.63, 3.8) is 0 Å². The first-order valence-electron chi connectivity index (χ1n) is 13.4. The first-order valence-corrected chi connectivity index (χ1v) is 15.3. The van der Waals surface area contributed by atoms with Gasteiger partial charge in [-0.15, -0.1) is 11.6 Å². The van der Waals surface area contributed by atoms with Gasteiger partial charge in [0.1, 0.15) is 18.5 Å². The Hall–Kier alpha value is -0.470. The van der Waals surface area contributed by atoms with Gasteiger partial charge in [0.15, 0.2) is 0 Å². The van der Waals surface area contributed by atoms with E-state index in [1.807, 2.05) is 0 Å². The molecule has 0 aromatic heterocycles. The number of ether oxygens (including phenoxy) is 1. The number of alkyl halides is 1. The highest BCUT2D eigenvalue weighted by Gasteiger charge is 2.45. The molecule has 3 saturated heterocycles. The number of rotatable bonds is 5. The molecular weight excluding hydrogens is 474 g/mol. The summed E-state index contributed by atoms with van der Waals surface area (Å²) in [7, 11) is -3.17. The first-order chi connectivity index (χ1) is 16.5. The molecule has 0 aromatic rings. The fourth-order valence-electron chi connectivity index (χ4n) is 6.81. The van der Waals surface area contributed by atoms with Gasteiger partial charge in [-0.2, -0.15) is 5.26 Å². The molecule has 2 saturated carbocycles. The van der Waals surface area contributed by atoms with Crippen LogP contribution in [0.3, 0.4) is 0 Å². The lowest BCUT2D eigenvalue weighted by Gasteiger charge is -2.43. The highest BCUT2D eigenvalue weighted by atomic mass is 35.5. The molecule has 1 N–H and O–H groups in total. The van der Waals surface area contributed by atoms with E-state index in [0.29, 0.717) is 37.4 Å². The Morgan fingerprint density at radius 3 is 2.21 bits per heavy atom. The second-order valence-corrected chi connectivity index (χ2v) is 13.7. The standard InChI is InChI=1S/C24H40ClN5O3S/c25-19-4-3-5-20(16-19)28-12-14-29(15-13-28)24-22(17-26)27-23(33-24)18-6-8-21(9-7-18)34(31,32)30-10-1-2-11-30/h18-24,27H,1-16H2. The van der Waals surface area contributed by atoms with E-state index in [1.54, 1.807) is 4.31 Å². The topological polar surface area (TPSA) is 88.9 Å². The second-order valence-electron chi connectivity index (χ2n) is 10.9. The van der Waals surface area contributed by atoms with E-state index in [1.165, 1.54) is 12.8 Å². The number of hydrogen-bond acceptors (Lipinski definition) is 7. The van der Waals surface area contributed by atoms with Gasteiger partial charge in [0.25, 0.3) is 0 Å². The molecule has 0 aromatic carbocycles. The minimum atomic E-state index is -3.17. The van der Waals surface area contributed by atoms with E-state index in [4.69, 9.17) is 16.3 Å². The monoisotopic (exact) mass is 513 g/mol. The minimum absolute atomic E-state index is 0.168.